The molecule has 3 aromatic heterocycles. The zero-order chi connectivity index (χ0) is 18.3. The average molecular weight is 368 g/mol. The standard InChI is InChI=1S/C17H16N6O2S/c1-9-14(11-7-19-16(18)20-8-11)21-17-23(9)22-15(26-17)10-4-5-12(24-2)13(6-10)25-3/h4-8H,1-3H3,(H2,18,19,20). The van der Waals surface area contributed by atoms with Gasteiger partial charge in [-0.25, -0.2) is 19.5 Å². The molecule has 26 heavy (non-hydrogen) atoms. The molecule has 0 fully saturated rings. The second-order valence-electron chi connectivity index (χ2n) is 5.55. The number of nitrogens with zero attached hydrogens (tertiary/aromatic N) is 5. The quantitative estimate of drug-likeness (QED) is 0.591. The van der Waals surface area contributed by atoms with E-state index in [0.29, 0.717) is 11.5 Å². The van der Waals surface area contributed by atoms with Crippen molar-refractivity contribution in [2.24, 2.45) is 0 Å². The van der Waals surface area contributed by atoms with Crippen molar-refractivity contribution in [1.82, 2.24) is 24.6 Å². The predicted octanol–water partition coefficient (Wildman–Crippen LogP) is 2.82. The van der Waals surface area contributed by atoms with Crippen molar-refractivity contribution >= 4 is 22.2 Å². The summed E-state index contributed by atoms with van der Waals surface area (Å²) < 4.78 is 12.5. The Labute approximate surface area is 153 Å². The molecular formula is C17H16N6O2S. The van der Waals surface area contributed by atoms with E-state index in [0.717, 1.165) is 32.5 Å². The Morgan fingerprint density at radius 2 is 1.77 bits per heavy atom. The van der Waals surface area contributed by atoms with Crippen LogP contribution < -0.4 is 15.2 Å². The minimum absolute atomic E-state index is 0.237. The number of benzene rings is 1. The molecule has 0 atom stereocenters. The average Bonchev–Trinajstić information content (AvgIpc) is 3.21. The molecule has 2 N–H and O–H groups in total. The number of aryl methyl sites for hydroxylation is 1. The van der Waals surface area contributed by atoms with E-state index in [1.165, 1.54) is 11.3 Å². The van der Waals surface area contributed by atoms with Crippen LogP contribution in [0.15, 0.2) is 30.6 Å². The monoisotopic (exact) mass is 368 g/mol. The van der Waals surface area contributed by atoms with Gasteiger partial charge in [0.25, 0.3) is 0 Å². The second-order valence-corrected chi connectivity index (χ2v) is 6.50. The van der Waals surface area contributed by atoms with Crippen LogP contribution in [-0.4, -0.2) is 38.8 Å². The molecule has 0 aliphatic carbocycles. The molecule has 0 saturated carbocycles. The first-order chi connectivity index (χ1) is 12.6. The second kappa shape index (κ2) is 6.26. The Morgan fingerprint density at radius 3 is 2.42 bits per heavy atom. The van der Waals surface area contributed by atoms with Gasteiger partial charge in [-0.05, 0) is 25.1 Å². The van der Waals surface area contributed by atoms with E-state index in [9.17, 15) is 0 Å². The number of ether oxygens (including phenoxy) is 2. The molecule has 3 heterocycles. The van der Waals surface area contributed by atoms with Gasteiger partial charge < -0.3 is 15.2 Å². The lowest BCUT2D eigenvalue weighted by atomic mass is 10.2. The lowest BCUT2D eigenvalue weighted by Gasteiger charge is -2.07. The van der Waals surface area contributed by atoms with Crippen LogP contribution in [0, 0.1) is 6.92 Å². The fraction of sp³-hybridized carbons (Fsp3) is 0.176. The summed E-state index contributed by atoms with van der Waals surface area (Å²) >= 11 is 1.49. The lowest BCUT2D eigenvalue weighted by molar-refractivity contribution is 0.355. The predicted molar refractivity (Wildman–Crippen MR) is 99.6 cm³/mol. The molecule has 132 valence electrons. The van der Waals surface area contributed by atoms with Gasteiger partial charge in [0.2, 0.25) is 10.9 Å². The van der Waals surface area contributed by atoms with Crippen molar-refractivity contribution in [3.63, 3.8) is 0 Å². The van der Waals surface area contributed by atoms with Gasteiger partial charge in [0, 0.05) is 23.5 Å². The highest BCUT2D eigenvalue weighted by atomic mass is 32.1. The van der Waals surface area contributed by atoms with Gasteiger partial charge in [-0.15, -0.1) is 0 Å². The van der Waals surface area contributed by atoms with Crippen LogP contribution in [0.2, 0.25) is 0 Å². The summed E-state index contributed by atoms with van der Waals surface area (Å²) in [6, 6.07) is 5.72. The van der Waals surface area contributed by atoms with Crippen molar-refractivity contribution in [3.8, 4) is 33.3 Å². The number of imidazole rings is 1. The third-order valence-electron chi connectivity index (χ3n) is 4.00. The Balaban J connectivity index is 1.77. The van der Waals surface area contributed by atoms with Gasteiger partial charge in [0.05, 0.1) is 25.6 Å². The summed E-state index contributed by atoms with van der Waals surface area (Å²) in [5.41, 5.74) is 9.00. The molecule has 0 saturated heterocycles. The number of hydrogen-bond donors (Lipinski definition) is 1. The lowest BCUT2D eigenvalue weighted by Crippen LogP contribution is -1.95. The maximum Gasteiger partial charge on any atom is 0.219 e. The fourth-order valence-corrected chi connectivity index (χ4v) is 3.61. The van der Waals surface area contributed by atoms with Crippen molar-refractivity contribution in [3.05, 3.63) is 36.3 Å². The molecule has 8 nitrogen and oxygen atoms in total. The first kappa shape index (κ1) is 16.3. The van der Waals surface area contributed by atoms with Crippen LogP contribution in [0.25, 0.3) is 26.8 Å². The third-order valence-corrected chi connectivity index (χ3v) is 4.96. The van der Waals surface area contributed by atoms with Crippen molar-refractivity contribution in [1.29, 1.82) is 0 Å². The SMILES string of the molecule is COc1ccc(-c2nn3c(C)c(-c4cnc(N)nc4)nc3s2)cc1OC. The molecule has 9 heteroatoms. The zero-order valence-corrected chi connectivity index (χ0v) is 15.2. The Hall–Kier alpha value is -3.20. The van der Waals surface area contributed by atoms with Crippen molar-refractivity contribution in [2.75, 3.05) is 20.0 Å². The number of hydrogen-bond acceptors (Lipinski definition) is 8. The van der Waals surface area contributed by atoms with E-state index < -0.39 is 0 Å². The van der Waals surface area contributed by atoms with Crippen LogP contribution in [-0.2, 0) is 0 Å². The number of aromatic nitrogens is 5. The van der Waals surface area contributed by atoms with Gasteiger partial charge in [-0.3, -0.25) is 0 Å². The molecule has 0 bridgehead atoms. The zero-order valence-electron chi connectivity index (χ0n) is 14.4. The molecule has 0 aliphatic heterocycles. The maximum absolute atomic E-state index is 5.55. The summed E-state index contributed by atoms with van der Waals surface area (Å²) in [7, 11) is 3.22. The molecule has 0 radical (unpaired) electrons. The van der Waals surface area contributed by atoms with E-state index in [-0.39, 0.29) is 5.95 Å². The minimum atomic E-state index is 0.237. The number of methoxy groups -OCH3 is 2. The summed E-state index contributed by atoms with van der Waals surface area (Å²) in [6.07, 6.45) is 3.33. The first-order valence-corrected chi connectivity index (χ1v) is 8.59. The Bertz CT molecular complexity index is 1090. The smallest absolute Gasteiger partial charge is 0.219 e. The number of fused-ring (bicyclic) bond motifs is 1. The molecule has 4 rings (SSSR count). The molecule has 1 aromatic carbocycles. The summed E-state index contributed by atoms with van der Waals surface area (Å²) in [4.78, 5) is 13.5. The topological polar surface area (TPSA) is 100 Å². The van der Waals surface area contributed by atoms with Gasteiger partial charge in [0.15, 0.2) is 11.5 Å². The van der Waals surface area contributed by atoms with E-state index in [1.54, 1.807) is 26.6 Å². The van der Waals surface area contributed by atoms with E-state index in [2.05, 4.69) is 20.1 Å². The van der Waals surface area contributed by atoms with Gasteiger partial charge >= 0.3 is 0 Å². The van der Waals surface area contributed by atoms with E-state index >= 15 is 0 Å². The molecular weight excluding hydrogens is 352 g/mol. The van der Waals surface area contributed by atoms with Crippen molar-refractivity contribution < 1.29 is 9.47 Å². The Morgan fingerprint density at radius 1 is 1.04 bits per heavy atom. The number of nitrogens with two attached hydrogens (primary N) is 1. The largest absolute Gasteiger partial charge is 0.493 e. The van der Waals surface area contributed by atoms with Crippen LogP contribution in [0.1, 0.15) is 5.69 Å². The van der Waals surface area contributed by atoms with Crippen LogP contribution in [0.4, 0.5) is 5.95 Å². The first-order valence-electron chi connectivity index (χ1n) is 7.77. The fourth-order valence-electron chi connectivity index (χ4n) is 2.67. The number of rotatable bonds is 4. The highest BCUT2D eigenvalue weighted by Gasteiger charge is 2.17. The molecule has 0 amide bonds. The van der Waals surface area contributed by atoms with E-state index in [1.807, 2.05) is 29.6 Å². The maximum atomic E-state index is 5.55. The molecule has 0 spiro atoms. The Kier molecular flexibility index (Phi) is 3.92. The van der Waals surface area contributed by atoms with Crippen molar-refractivity contribution in [2.45, 2.75) is 6.92 Å². The molecule has 0 aliphatic rings. The normalized spacial score (nSPS) is 11.0. The molecule has 4 aromatic rings. The van der Waals surface area contributed by atoms with E-state index in [4.69, 9.17) is 15.2 Å². The molecule has 0 unspecified atom stereocenters. The van der Waals surface area contributed by atoms with Gasteiger partial charge in [-0.2, -0.15) is 5.10 Å². The van der Waals surface area contributed by atoms with Crippen LogP contribution in [0.5, 0.6) is 11.5 Å². The highest BCUT2D eigenvalue weighted by Crippen LogP contribution is 2.35. The third kappa shape index (κ3) is 2.62. The van der Waals surface area contributed by atoms with Gasteiger partial charge in [-0.1, -0.05) is 11.3 Å². The van der Waals surface area contributed by atoms with Gasteiger partial charge in [0.1, 0.15) is 5.01 Å². The van der Waals surface area contributed by atoms with Crippen LogP contribution in [0.3, 0.4) is 0 Å². The summed E-state index contributed by atoms with van der Waals surface area (Å²) in [5.74, 6) is 1.58. The minimum Gasteiger partial charge on any atom is -0.493 e. The summed E-state index contributed by atoms with van der Waals surface area (Å²) in [6.45, 7) is 1.96. The van der Waals surface area contributed by atoms with Crippen LogP contribution >= 0.6 is 11.3 Å². The summed E-state index contributed by atoms with van der Waals surface area (Å²) in [5, 5.41) is 5.53. The highest BCUT2D eigenvalue weighted by molar-refractivity contribution is 7.19. The number of anilines is 1. The number of nitrogen functional groups attached to an aromatic ring is 1.